The Kier molecular flexibility index (Phi) is 4.18. The van der Waals surface area contributed by atoms with E-state index in [0.29, 0.717) is 6.61 Å². The van der Waals surface area contributed by atoms with Gasteiger partial charge in [0, 0.05) is 19.3 Å². The highest BCUT2D eigenvalue weighted by atomic mass is 79.9. The molecule has 1 aromatic rings. The number of pyridine rings is 1. The minimum Gasteiger partial charge on any atom is -0.383 e. The van der Waals surface area contributed by atoms with Gasteiger partial charge in [0.05, 0.1) is 12.3 Å². The van der Waals surface area contributed by atoms with Crippen LogP contribution in [0.1, 0.15) is 6.92 Å². The molecule has 1 rings (SSSR count). The van der Waals surface area contributed by atoms with Crippen molar-refractivity contribution in [1.82, 2.24) is 4.98 Å². The molecular weight excluding hydrogens is 232 g/mol. The smallest absolute Gasteiger partial charge is 0.129 e. The van der Waals surface area contributed by atoms with Crippen molar-refractivity contribution in [2.75, 3.05) is 19.0 Å². The average Bonchev–Trinajstić information content (AvgIpc) is 2.09. The van der Waals surface area contributed by atoms with Crippen LogP contribution in [-0.2, 0) is 4.74 Å². The third-order valence-corrected chi connectivity index (χ3v) is 2.21. The molecule has 0 fully saturated rings. The van der Waals surface area contributed by atoms with Gasteiger partial charge in [-0.15, -0.1) is 0 Å². The SMILES string of the molecule is COCC(C)Nc1cccnc1Br. The zero-order valence-corrected chi connectivity index (χ0v) is 9.34. The standard InChI is InChI=1S/C9H13BrN2O/c1-7(6-13-2)12-8-4-3-5-11-9(8)10/h3-5,7,12H,6H2,1-2H3. The number of halogens is 1. The number of anilines is 1. The van der Waals surface area contributed by atoms with Crippen LogP contribution >= 0.6 is 15.9 Å². The highest BCUT2D eigenvalue weighted by Gasteiger charge is 2.03. The Balaban J connectivity index is 2.58. The molecular formula is C9H13BrN2O. The molecule has 1 heterocycles. The summed E-state index contributed by atoms with van der Waals surface area (Å²) in [4.78, 5) is 4.11. The van der Waals surface area contributed by atoms with E-state index in [4.69, 9.17) is 4.74 Å². The molecule has 1 aromatic heterocycles. The van der Waals surface area contributed by atoms with Crippen LogP contribution in [0.25, 0.3) is 0 Å². The monoisotopic (exact) mass is 244 g/mol. The van der Waals surface area contributed by atoms with Crippen molar-refractivity contribution in [3.63, 3.8) is 0 Å². The molecule has 0 aromatic carbocycles. The zero-order chi connectivity index (χ0) is 9.68. The Labute approximate surface area is 86.6 Å². The van der Waals surface area contributed by atoms with E-state index in [1.807, 2.05) is 12.1 Å². The molecule has 0 amide bonds. The van der Waals surface area contributed by atoms with E-state index in [0.717, 1.165) is 10.3 Å². The van der Waals surface area contributed by atoms with Crippen molar-refractivity contribution < 1.29 is 4.74 Å². The fourth-order valence-corrected chi connectivity index (χ4v) is 1.42. The Bertz CT molecular complexity index is 268. The van der Waals surface area contributed by atoms with E-state index >= 15 is 0 Å². The van der Waals surface area contributed by atoms with Gasteiger partial charge in [-0.2, -0.15) is 0 Å². The van der Waals surface area contributed by atoms with Crippen molar-refractivity contribution in [3.05, 3.63) is 22.9 Å². The molecule has 0 radical (unpaired) electrons. The third kappa shape index (κ3) is 3.32. The normalized spacial score (nSPS) is 12.5. The van der Waals surface area contributed by atoms with Gasteiger partial charge < -0.3 is 10.1 Å². The summed E-state index contributed by atoms with van der Waals surface area (Å²) in [7, 11) is 1.69. The maximum absolute atomic E-state index is 5.02. The molecule has 0 aliphatic heterocycles. The molecule has 3 nitrogen and oxygen atoms in total. The first kappa shape index (κ1) is 10.5. The molecule has 0 saturated heterocycles. The topological polar surface area (TPSA) is 34.1 Å². The van der Waals surface area contributed by atoms with Crippen molar-refractivity contribution in [2.24, 2.45) is 0 Å². The quantitative estimate of drug-likeness (QED) is 0.826. The minimum absolute atomic E-state index is 0.283. The molecule has 0 aliphatic rings. The molecule has 4 heteroatoms. The summed E-state index contributed by atoms with van der Waals surface area (Å²) < 4.78 is 5.85. The highest BCUT2D eigenvalue weighted by molar-refractivity contribution is 9.10. The second-order valence-electron chi connectivity index (χ2n) is 2.84. The summed E-state index contributed by atoms with van der Waals surface area (Å²) >= 11 is 3.36. The fourth-order valence-electron chi connectivity index (χ4n) is 1.05. The fraction of sp³-hybridized carbons (Fsp3) is 0.444. The van der Waals surface area contributed by atoms with Crippen LogP contribution in [0.4, 0.5) is 5.69 Å². The predicted octanol–water partition coefficient (Wildman–Crippen LogP) is 2.29. The number of hydrogen-bond acceptors (Lipinski definition) is 3. The van der Waals surface area contributed by atoms with Gasteiger partial charge in [-0.05, 0) is 35.0 Å². The van der Waals surface area contributed by atoms with E-state index in [1.165, 1.54) is 0 Å². The summed E-state index contributed by atoms with van der Waals surface area (Å²) in [6.45, 7) is 2.74. The third-order valence-electron chi connectivity index (χ3n) is 1.58. The molecule has 1 unspecified atom stereocenters. The van der Waals surface area contributed by atoms with Crippen LogP contribution in [0.15, 0.2) is 22.9 Å². The molecule has 72 valence electrons. The van der Waals surface area contributed by atoms with Crippen molar-refractivity contribution >= 4 is 21.6 Å². The second kappa shape index (κ2) is 5.19. The molecule has 1 N–H and O–H groups in total. The highest BCUT2D eigenvalue weighted by Crippen LogP contribution is 2.18. The Hall–Kier alpha value is -0.610. The van der Waals surface area contributed by atoms with E-state index in [-0.39, 0.29) is 6.04 Å². The number of hydrogen-bond donors (Lipinski definition) is 1. The summed E-state index contributed by atoms with van der Waals surface area (Å²) in [5.74, 6) is 0. The lowest BCUT2D eigenvalue weighted by molar-refractivity contribution is 0.190. The average molecular weight is 245 g/mol. The van der Waals surface area contributed by atoms with Crippen molar-refractivity contribution in [1.29, 1.82) is 0 Å². The molecule has 13 heavy (non-hydrogen) atoms. The maximum atomic E-state index is 5.02. The molecule has 0 aliphatic carbocycles. The van der Waals surface area contributed by atoms with Crippen molar-refractivity contribution in [3.8, 4) is 0 Å². The predicted molar refractivity (Wildman–Crippen MR) is 56.9 cm³/mol. The van der Waals surface area contributed by atoms with E-state index in [2.05, 4.69) is 33.2 Å². The van der Waals surface area contributed by atoms with Crippen LogP contribution in [0, 0.1) is 0 Å². The number of aromatic nitrogens is 1. The summed E-state index contributed by atoms with van der Waals surface area (Å²) in [6, 6.07) is 4.15. The van der Waals surface area contributed by atoms with Gasteiger partial charge in [-0.3, -0.25) is 0 Å². The van der Waals surface area contributed by atoms with Gasteiger partial charge in [0.25, 0.3) is 0 Å². The first-order valence-corrected chi connectivity index (χ1v) is 4.89. The van der Waals surface area contributed by atoms with Gasteiger partial charge in [0.2, 0.25) is 0 Å². The molecule has 0 saturated carbocycles. The molecule has 0 spiro atoms. The number of ether oxygens (including phenoxy) is 1. The summed E-state index contributed by atoms with van der Waals surface area (Å²) in [5.41, 5.74) is 0.993. The van der Waals surface area contributed by atoms with Gasteiger partial charge in [-0.25, -0.2) is 4.98 Å². The van der Waals surface area contributed by atoms with Crippen LogP contribution in [0.2, 0.25) is 0 Å². The van der Waals surface area contributed by atoms with Crippen LogP contribution < -0.4 is 5.32 Å². The first-order valence-electron chi connectivity index (χ1n) is 4.10. The van der Waals surface area contributed by atoms with Gasteiger partial charge in [-0.1, -0.05) is 0 Å². The summed E-state index contributed by atoms with van der Waals surface area (Å²) in [6.07, 6.45) is 1.75. The second-order valence-corrected chi connectivity index (χ2v) is 3.59. The van der Waals surface area contributed by atoms with Crippen LogP contribution in [-0.4, -0.2) is 24.7 Å². The lowest BCUT2D eigenvalue weighted by Gasteiger charge is -2.14. The van der Waals surface area contributed by atoms with Crippen LogP contribution in [0.5, 0.6) is 0 Å². The van der Waals surface area contributed by atoms with Gasteiger partial charge >= 0.3 is 0 Å². The maximum Gasteiger partial charge on any atom is 0.129 e. The van der Waals surface area contributed by atoms with E-state index < -0.39 is 0 Å². The van der Waals surface area contributed by atoms with Gasteiger partial charge in [0.15, 0.2) is 0 Å². The molecule has 0 bridgehead atoms. The number of nitrogens with zero attached hydrogens (tertiary/aromatic N) is 1. The van der Waals surface area contributed by atoms with Crippen molar-refractivity contribution in [2.45, 2.75) is 13.0 Å². The largest absolute Gasteiger partial charge is 0.383 e. The lowest BCUT2D eigenvalue weighted by atomic mass is 10.3. The minimum atomic E-state index is 0.283. The summed E-state index contributed by atoms with van der Waals surface area (Å²) in [5, 5.41) is 3.28. The Morgan fingerprint density at radius 2 is 2.46 bits per heavy atom. The number of methoxy groups -OCH3 is 1. The first-order chi connectivity index (χ1) is 6.24. The van der Waals surface area contributed by atoms with Gasteiger partial charge in [0.1, 0.15) is 4.60 Å². The lowest BCUT2D eigenvalue weighted by Crippen LogP contribution is -2.21. The van der Waals surface area contributed by atoms with E-state index in [1.54, 1.807) is 13.3 Å². The van der Waals surface area contributed by atoms with E-state index in [9.17, 15) is 0 Å². The zero-order valence-electron chi connectivity index (χ0n) is 7.75. The van der Waals surface area contributed by atoms with Crippen LogP contribution in [0.3, 0.4) is 0 Å². The Morgan fingerprint density at radius 1 is 1.69 bits per heavy atom. The number of nitrogens with one attached hydrogen (secondary N) is 1. The Morgan fingerprint density at radius 3 is 3.08 bits per heavy atom. The number of rotatable bonds is 4. The molecule has 1 atom stereocenters.